The van der Waals surface area contributed by atoms with Crippen LogP contribution >= 0.6 is 22.9 Å². The number of carbonyl (C=O) groups is 1. The van der Waals surface area contributed by atoms with Crippen molar-refractivity contribution in [2.45, 2.75) is 6.04 Å². The summed E-state index contributed by atoms with van der Waals surface area (Å²) < 4.78 is 0. The molecule has 23 heavy (non-hydrogen) atoms. The van der Waals surface area contributed by atoms with Gasteiger partial charge in [0, 0.05) is 36.1 Å². The van der Waals surface area contributed by atoms with Gasteiger partial charge in [0.2, 0.25) is 0 Å². The molecule has 1 aromatic heterocycles. The third kappa shape index (κ3) is 3.36. The molecule has 1 unspecified atom stereocenters. The third-order valence-corrected chi connectivity index (χ3v) is 4.87. The molecule has 1 aliphatic heterocycles. The van der Waals surface area contributed by atoms with Gasteiger partial charge in [-0.1, -0.05) is 35.1 Å². The second-order valence-corrected chi connectivity index (χ2v) is 6.53. The van der Waals surface area contributed by atoms with Crippen LogP contribution in [0.2, 0.25) is 5.02 Å². The van der Waals surface area contributed by atoms with Gasteiger partial charge in [0.25, 0.3) is 5.91 Å². The van der Waals surface area contributed by atoms with Crippen LogP contribution in [0.15, 0.2) is 35.7 Å². The fourth-order valence-electron chi connectivity index (χ4n) is 2.66. The number of piperazine rings is 1. The number of hydrogen-bond acceptors (Lipinski definition) is 5. The molecule has 1 amide bonds. The van der Waals surface area contributed by atoms with Gasteiger partial charge in [-0.3, -0.25) is 14.9 Å². The van der Waals surface area contributed by atoms with Crippen LogP contribution in [-0.2, 0) is 0 Å². The minimum Gasteiger partial charge on any atom is -0.329 e. The largest absolute Gasteiger partial charge is 0.329 e. The Hall–Kier alpha value is -1.96. The summed E-state index contributed by atoms with van der Waals surface area (Å²) >= 11 is 7.02. The van der Waals surface area contributed by atoms with E-state index in [1.54, 1.807) is 11.0 Å². The number of thiophene rings is 1. The number of carbonyl (C=O) groups excluding carboxylic acids is 1. The average Bonchev–Trinajstić information content (AvgIpc) is 3.04. The molecule has 1 atom stereocenters. The first-order valence-electron chi connectivity index (χ1n) is 7.06. The predicted molar refractivity (Wildman–Crippen MR) is 89.1 cm³/mol. The Morgan fingerprint density at radius 2 is 2.26 bits per heavy atom. The lowest BCUT2D eigenvalue weighted by molar-refractivity contribution is -0.380. The molecule has 8 heteroatoms. The number of hydrogen-bond donors (Lipinski definition) is 1. The summed E-state index contributed by atoms with van der Waals surface area (Å²) in [4.78, 5) is 24.8. The molecule has 0 bridgehead atoms. The Morgan fingerprint density at radius 1 is 1.43 bits per heavy atom. The number of rotatable bonds is 3. The molecule has 0 saturated carbocycles. The van der Waals surface area contributed by atoms with Gasteiger partial charge >= 0.3 is 5.00 Å². The second-order valence-electron chi connectivity index (χ2n) is 5.20. The maximum Gasteiger partial charge on any atom is 0.324 e. The second kappa shape index (κ2) is 6.66. The standard InChI is InChI=1S/C15H14ClN3O3S/c16-12-3-1-2-10(6-12)13-8-17-4-5-18(13)15(20)11-7-14(19(21)22)23-9-11/h1-3,6-7,9,13,17H,4-5,8H2. The highest BCUT2D eigenvalue weighted by atomic mass is 35.5. The van der Waals surface area contributed by atoms with Gasteiger partial charge in [0.05, 0.1) is 16.5 Å². The van der Waals surface area contributed by atoms with Crippen LogP contribution in [0.25, 0.3) is 0 Å². The van der Waals surface area contributed by atoms with Crippen LogP contribution < -0.4 is 5.32 Å². The lowest BCUT2D eigenvalue weighted by atomic mass is 10.0. The number of amides is 1. The summed E-state index contributed by atoms with van der Waals surface area (Å²) in [7, 11) is 0. The molecule has 1 aliphatic rings. The minimum atomic E-state index is -0.479. The fraction of sp³-hybridized carbons (Fsp3) is 0.267. The van der Waals surface area contributed by atoms with E-state index in [0.29, 0.717) is 30.2 Å². The lowest BCUT2D eigenvalue weighted by Gasteiger charge is -2.36. The first-order valence-corrected chi connectivity index (χ1v) is 8.32. The first-order chi connectivity index (χ1) is 11.1. The fourth-order valence-corrected chi connectivity index (χ4v) is 3.55. The number of nitro groups is 1. The molecule has 3 rings (SSSR count). The van der Waals surface area contributed by atoms with E-state index in [4.69, 9.17) is 11.6 Å². The van der Waals surface area contributed by atoms with E-state index >= 15 is 0 Å². The topological polar surface area (TPSA) is 75.5 Å². The van der Waals surface area contributed by atoms with Crippen molar-refractivity contribution in [3.63, 3.8) is 0 Å². The summed E-state index contributed by atoms with van der Waals surface area (Å²) in [6.07, 6.45) is 0. The Balaban J connectivity index is 1.88. The molecule has 120 valence electrons. The maximum absolute atomic E-state index is 12.8. The Bertz CT molecular complexity index is 749. The summed E-state index contributed by atoms with van der Waals surface area (Å²) in [6, 6.07) is 8.61. The monoisotopic (exact) mass is 351 g/mol. The van der Waals surface area contributed by atoms with Crippen LogP contribution in [0.4, 0.5) is 5.00 Å². The number of halogens is 1. The van der Waals surface area contributed by atoms with E-state index in [-0.39, 0.29) is 17.0 Å². The highest BCUT2D eigenvalue weighted by molar-refractivity contribution is 7.13. The average molecular weight is 352 g/mol. The molecular formula is C15H14ClN3O3S. The summed E-state index contributed by atoms with van der Waals surface area (Å²) in [5, 5.41) is 16.2. The van der Waals surface area contributed by atoms with Gasteiger partial charge in [-0.25, -0.2) is 0 Å². The Kier molecular flexibility index (Phi) is 4.61. The van der Waals surface area contributed by atoms with Gasteiger partial charge < -0.3 is 10.2 Å². The smallest absolute Gasteiger partial charge is 0.324 e. The van der Waals surface area contributed by atoms with E-state index < -0.39 is 4.92 Å². The molecular weight excluding hydrogens is 338 g/mol. The first kappa shape index (κ1) is 15.9. The number of nitrogens with one attached hydrogen (secondary N) is 1. The summed E-state index contributed by atoms with van der Waals surface area (Å²) in [5.41, 5.74) is 1.30. The highest BCUT2D eigenvalue weighted by Gasteiger charge is 2.30. The highest BCUT2D eigenvalue weighted by Crippen LogP contribution is 2.29. The van der Waals surface area contributed by atoms with Crippen molar-refractivity contribution in [2.24, 2.45) is 0 Å². The summed E-state index contributed by atoms with van der Waals surface area (Å²) in [5.74, 6) is -0.194. The van der Waals surface area contributed by atoms with E-state index in [9.17, 15) is 14.9 Å². The normalized spacial score (nSPS) is 18.0. The van der Waals surface area contributed by atoms with E-state index in [1.165, 1.54) is 11.4 Å². The van der Waals surface area contributed by atoms with Gasteiger partial charge in [-0.15, -0.1) is 0 Å². The van der Waals surface area contributed by atoms with Crippen molar-refractivity contribution in [1.82, 2.24) is 10.2 Å². The van der Waals surface area contributed by atoms with Gasteiger partial charge in [-0.2, -0.15) is 0 Å². The zero-order chi connectivity index (χ0) is 16.4. The van der Waals surface area contributed by atoms with Gasteiger partial charge in [0.1, 0.15) is 0 Å². The SMILES string of the molecule is O=C(c1csc([N+](=O)[O-])c1)N1CCNCC1c1cccc(Cl)c1. The van der Waals surface area contributed by atoms with Crippen LogP contribution in [0.5, 0.6) is 0 Å². The molecule has 0 aliphatic carbocycles. The predicted octanol–water partition coefficient (Wildman–Crippen LogP) is 3.10. The third-order valence-electron chi connectivity index (χ3n) is 3.75. The zero-order valence-corrected chi connectivity index (χ0v) is 13.6. The Morgan fingerprint density at radius 3 is 2.96 bits per heavy atom. The van der Waals surface area contributed by atoms with Crippen LogP contribution in [0.1, 0.15) is 22.0 Å². The van der Waals surface area contributed by atoms with Crippen LogP contribution in [0.3, 0.4) is 0 Å². The minimum absolute atomic E-state index is 0.0252. The van der Waals surface area contributed by atoms with Crippen LogP contribution in [-0.4, -0.2) is 35.4 Å². The van der Waals surface area contributed by atoms with Crippen molar-refractivity contribution in [2.75, 3.05) is 19.6 Å². The van der Waals surface area contributed by atoms with Crippen molar-refractivity contribution in [3.05, 3.63) is 62.0 Å². The molecule has 2 heterocycles. The number of benzene rings is 1. The molecule has 1 N–H and O–H groups in total. The van der Waals surface area contributed by atoms with Gasteiger partial charge in [-0.05, 0) is 17.7 Å². The molecule has 1 saturated heterocycles. The molecule has 1 aromatic carbocycles. The van der Waals surface area contributed by atoms with E-state index in [0.717, 1.165) is 16.9 Å². The van der Waals surface area contributed by atoms with Crippen molar-refractivity contribution >= 4 is 33.8 Å². The number of nitrogens with zero attached hydrogens (tertiary/aromatic N) is 2. The van der Waals surface area contributed by atoms with Crippen molar-refractivity contribution in [3.8, 4) is 0 Å². The molecule has 1 fully saturated rings. The molecule has 0 radical (unpaired) electrons. The van der Waals surface area contributed by atoms with Crippen molar-refractivity contribution < 1.29 is 9.72 Å². The van der Waals surface area contributed by atoms with Gasteiger partial charge in [0.15, 0.2) is 0 Å². The van der Waals surface area contributed by atoms with E-state index in [2.05, 4.69) is 5.32 Å². The molecule has 2 aromatic rings. The Labute approximate surface area is 141 Å². The van der Waals surface area contributed by atoms with Crippen LogP contribution in [0, 0.1) is 10.1 Å². The van der Waals surface area contributed by atoms with E-state index in [1.807, 2.05) is 18.2 Å². The maximum atomic E-state index is 12.8. The quantitative estimate of drug-likeness (QED) is 0.681. The van der Waals surface area contributed by atoms with Crippen molar-refractivity contribution in [1.29, 1.82) is 0 Å². The summed E-state index contributed by atoms with van der Waals surface area (Å²) in [6.45, 7) is 1.85. The molecule has 0 spiro atoms. The lowest BCUT2D eigenvalue weighted by Crippen LogP contribution is -2.48. The molecule has 6 nitrogen and oxygen atoms in total. The zero-order valence-electron chi connectivity index (χ0n) is 12.1.